The number of ether oxygens (including phenoxy) is 2. The fraction of sp³-hybridized carbons (Fsp3) is 0.381. The lowest BCUT2D eigenvalue weighted by Gasteiger charge is -2.35. The van der Waals surface area contributed by atoms with Gasteiger partial charge in [-0.1, -0.05) is 37.5 Å². The first-order chi connectivity index (χ1) is 27.2. The van der Waals surface area contributed by atoms with E-state index in [4.69, 9.17) is 9.47 Å². The first kappa shape index (κ1) is 37.5. The van der Waals surface area contributed by atoms with Crippen LogP contribution in [0, 0.1) is 22.0 Å². The lowest BCUT2D eigenvalue weighted by molar-refractivity contribution is -0.384. The highest BCUT2D eigenvalue weighted by molar-refractivity contribution is 7.90. The van der Waals surface area contributed by atoms with Crippen molar-refractivity contribution in [2.45, 2.75) is 68.7 Å². The van der Waals surface area contributed by atoms with Crippen LogP contribution in [0.25, 0.3) is 22.2 Å². The molecule has 1 unspecified atom stereocenters. The maximum absolute atomic E-state index is 13.8. The number of carbonyl (C=O) groups is 1. The van der Waals surface area contributed by atoms with Crippen molar-refractivity contribution < 1.29 is 27.6 Å². The van der Waals surface area contributed by atoms with Gasteiger partial charge in [0.05, 0.1) is 21.6 Å². The molecular weight excluding hydrogens is 733 g/mol. The van der Waals surface area contributed by atoms with Crippen LogP contribution >= 0.6 is 0 Å². The molecule has 2 saturated heterocycles. The Balaban J connectivity index is 1.05. The van der Waals surface area contributed by atoms with E-state index in [2.05, 4.69) is 49.2 Å². The molecule has 0 radical (unpaired) electrons. The summed E-state index contributed by atoms with van der Waals surface area (Å²) in [5.74, 6) is 0.536. The van der Waals surface area contributed by atoms with Crippen LogP contribution in [0.15, 0.2) is 90.1 Å². The van der Waals surface area contributed by atoms with Gasteiger partial charge in [-0.2, -0.15) is 0 Å². The zero-order valence-electron chi connectivity index (χ0n) is 31.1. The predicted molar refractivity (Wildman–Crippen MR) is 215 cm³/mol. The number of nitro groups is 1. The van der Waals surface area contributed by atoms with Crippen molar-refractivity contribution in [1.29, 1.82) is 0 Å². The molecule has 5 aromatic rings. The van der Waals surface area contributed by atoms with E-state index in [1.807, 2.05) is 6.07 Å². The number of rotatable bonds is 12. The number of anilines is 2. The number of nitro benzene ring substituents is 1. The first-order valence-corrected chi connectivity index (χ1v) is 21.0. The standard InChI is InChI=1S/C42H46N6O7S/c49-42(46-56(52,53)35-13-15-37(39(25-35)48(50)51)44-26-28-17-21-54-22-18-28)36-14-10-31(24-40(36)55-34-23-32-16-19-43-41(32)45-27-34)29-8-11-33(12-9-29)47-20-4-7-38(47)30-5-2-1-3-6-30/h8-16,19,23-25,27-28,30,38,44H,1-7,17-18,20-22,26H2,(H,43,45)(H,46,49). The second-order valence-electron chi connectivity index (χ2n) is 15.1. The number of fused-ring (bicyclic) bond motifs is 1. The molecule has 292 valence electrons. The van der Waals surface area contributed by atoms with E-state index in [-0.39, 0.29) is 22.9 Å². The molecule has 1 saturated carbocycles. The van der Waals surface area contributed by atoms with Crippen LogP contribution < -0.4 is 19.7 Å². The second kappa shape index (κ2) is 16.3. The van der Waals surface area contributed by atoms with Gasteiger partial charge in [0.25, 0.3) is 21.6 Å². The zero-order chi connectivity index (χ0) is 38.6. The minimum atomic E-state index is -4.54. The quantitative estimate of drug-likeness (QED) is 0.0826. The number of sulfonamides is 1. The molecule has 3 fully saturated rings. The molecule has 0 spiro atoms. The second-order valence-corrected chi connectivity index (χ2v) is 16.7. The van der Waals surface area contributed by atoms with Gasteiger partial charge in [0.15, 0.2) is 0 Å². The molecule has 0 bridgehead atoms. The number of amides is 1. The molecule has 1 aliphatic carbocycles. The molecule has 1 atom stereocenters. The number of benzene rings is 3. The van der Waals surface area contributed by atoms with Gasteiger partial charge in [-0.05, 0) is 110 Å². The molecule has 2 aromatic heterocycles. The number of nitrogens with zero attached hydrogens (tertiary/aromatic N) is 3. The Kier molecular flexibility index (Phi) is 10.9. The fourth-order valence-corrected chi connectivity index (χ4v) is 9.45. The predicted octanol–water partition coefficient (Wildman–Crippen LogP) is 8.44. The fourth-order valence-electron chi connectivity index (χ4n) is 8.46. The highest BCUT2D eigenvalue weighted by Crippen LogP contribution is 2.38. The van der Waals surface area contributed by atoms with Crippen molar-refractivity contribution in [3.8, 4) is 22.6 Å². The van der Waals surface area contributed by atoms with Gasteiger partial charge in [0, 0.05) is 55.7 Å². The summed E-state index contributed by atoms with van der Waals surface area (Å²) in [5.41, 5.74) is 3.29. The summed E-state index contributed by atoms with van der Waals surface area (Å²) in [7, 11) is -4.54. The average molecular weight is 779 g/mol. The summed E-state index contributed by atoms with van der Waals surface area (Å²) in [6.45, 7) is 2.80. The summed E-state index contributed by atoms with van der Waals surface area (Å²) in [4.78, 5) is 34.8. The summed E-state index contributed by atoms with van der Waals surface area (Å²) >= 11 is 0. The van der Waals surface area contributed by atoms with E-state index in [1.165, 1.54) is 75.0 Å². The van der Waals surface area contributed by atoms with Gasteiger partial charge >= 0.3 is 0 Å². The highest BCUT2D eigenvalue weighted by Gasteiger charge is 2.33. The largest absolute Gasteiger partial charge is 0.455 e. The first-order valence-electron chi connectivity index (χ1n) is 19.5. The molecular formula is C42H46N6O7S. The van der Waals surface area contributed by atoms with E-state index < -0.39 is 31.4 Å². The molecule has 56 heavy (non-hydrogen) atoms. The zero-order valence-corrected chi connectivity index (χ0v) is 31.9. The van der Waals surface area contributed by atoms with E-state index in [0.717, 1.165) is 47.9 Å². The normalized spacial score (nSPS) is 18.2. The Hall–Kier alpha value is -5.47. The number of hydrogen-bond donors (Lipinski definition) is 3. The van der Waals surface area contributed by atoms with E-state index in [9.17, 15) is 23.3 Å². The van der Waals surface area contributed by atoms with Crippen molar-refractivity contribution in [1.82, 2.24) is 14.7 Å². The number of pyridine rings is 1. The maximum Gasteiger partial charge on any atom is 0.293 e. The topological polar surface area (TPSA) is 169 Å². The molecule has 13 nitrogen and oxygen atoms in total. The molecule has 4 heterocycles. The van der Waals surface area contributed by atoms with Crippen molar-refractivity contribution in [2.24, 2.45) is 11.8 Å². The Morgan fingerprint density at radius 2 is 1.71 bits per heavy atom. The van der Waals surface area contributed by atoms with Crippen LogP contribution in [0.4, 0.5) is 17.1 Å². The third-order valence-electron chi connectivity index (χ3n) is 11.5. The van der Waals surface area contributed by atoms with Gasteiger partial charge in [-0.3, -0.25) is 14.9 Å². The number of carbonyl (C=O) groups excluding carboxylic acids is 1. The van der Waals surface area contributed by atoms with Gasteiger partial charge in [0.2, 0.25) is 0 Å². The monoisotopic (exact) mass is 778 g/mol. The Morgan fingerprint density at radius 3 is 2.50 bits per heavy atom. The van der Waals surface area contributed by atoms with Crippen LogP contribution in [-0.2, 0) is 14.8 Å². The van der Waals surface area contributed by atoms with E-state index in [1.54, 1.807) is 24.4 Å². The molecule has 14 heteroatoms. The Labute approximate surface area is 326 Å². The summed E-state index contributed by atoms with van der Waals surface area (Å²) < 4.78 is 41.0. The third-order valence-corrected chi connectivity index (χ3v) is 12.8. The molecule has 1 amide bonds. The van der Waals surface area contributed by atoms with Crippen LogP contribution in [0.1, 0.15) is 68.1 Å². The molecule has 3 N–H and O–H groups in total. The number of aromatic amines is 1. The SMILES string of the molecule is O=C(NS(=O)(=O)c1ccc(NCC2CCOCC2)c([N+](=O)[O-])c1)c1ccc(-c2ccc(N3CCCC3C3CCCCC3)cc2)cc1Oc1cnc2[nH]ccc2c1. The summed E-state index contributed by atoms with van der Waals surface area (Å²) in [5, 5.41) is 15.9. The summed E-state index contributed by atoms with van der Waals surface area (Å²) in [6, 6.07) is 21.2. The highest BCUT2D eigenvalue weighted by atomic mass is 32.2. The lowest BCUT2D eigenvalue weighted by atomic mass is 9.83. The van der Waals surface area contributed by atoms with Gasteiger partial charge < -0.3 is 24.7 Å². The van der Waals surface area contributed by atoms with Crippen LogP contribution in [-0.4, -0.2) is 61.6 Å². The van der Waals surface area contributed by atoms with Crippen molar-refractivity contribution in [2.75, 3.05) is 36.5 Å². The maximum atomic E-state index is 13.8. The van der Waals surface area contributed by atoms with Crippen molar-refractivity contribution in [3.63, 3.8) is 0 Å². The molecule has 3 aliphatic rings. The van der Waals surface area contributed by atoms with E-state index >= 15 is 0 Å². The summed E-state index contributed by atoms with van der Waals surface area (Å²) in [6.07, 6.45) is 13.9. The van der Waals surface area contributed by atoms with Crippen molar-refractivity contribution >= 4 is 44.0 Å². The number of aromatic nitrogens is 2. The number of nitrogens with one attached hydrogen (secondary N) is 3. The minimum absolute atomic E-state index is 0.0419. The van der Waals surface area contributed by atoms with Gasteiger partial charge in [0.1, 0.15) is 22.8 Å². The van der Waals surface area contributed by atoms with E-state index in [0.29, 0.717) is 37.2 Å². The van der Waals surface area contributed by atoms with Crippen LogP contribution in [0.3, 0.4) is 0 Å². The number of H-pyrrole nitrogens is 1. The molecule has 2 aliphatic heterocycles. The minimum Gasteiger partial charge on any atom is -0.455 e. The lowest BCUT2D eigenvalue weighted by Crippen LogP contribution is -2.36. The van der Waals surface area contributed by atoms with Crippen molar-refractivity contribution in [3.05, 3.63) is 101 Å². The molecule has 8 rings (SSSR count). The Morgan fingerprint density at radius 1 is 0.929 bits per heavy atom. The van der Waals surface area contributed by atoms with Crippen LogP contribution in [0.5, 0.6) is 11.5 Å². The number of hydrogen-bond acceptors (Lipinski definition) is 10. The van der Waals surface area contributed by atoms with Gasteiger partial charge in [-0.15, -0.1) is 0 Å². The Bertz CT molecular complexity index is 2320. The smallest absolute Gasteiger partial charge is 0.293 e. The van der Waals surface area contributed by atoms with Gasteiger partial charge in [-0.25, -0.2) is 18.1 Å². The average Bonchev–Trinajstić information content (AvgIpc) is 3.91. The van der Waals surface area contributed by atoms with Crippen LogP contribution in [0.2, 0.25) is 0 Å². The third kappa shape index (κ3) is 8.21. The molecule has 3 aromatic carbocycles.